The van der Waals surface area contributed by atoms with Crippen LogP contribution in [-0.4, -0.2) is 39.3 Å². The molecule has 0 bridgehead atoms. The van der Waals surface area contributed by atoms with E-state index in [4.69, 9.17) is 21.1 Å². The molecule has 2 aromatic rings. The average molecular weight is 454 g/mol. The van der Waals surface area contributed by atoms with Crippen molar-refractivity contribution in [3.8, 4) is 5.75 Å². The first-order valence-corrected chi connectivity index (χ1v) is 11.2. The van der Waals surface area contributed by atoms with Gasteiger partial charge in [-0.2, -0.15) is 0 Å². The van der Waals surface area contributed by atoms with Crippen molar-refractivity contribution in [2.45, 2.75) is 37.3 Å². The summed E-state index contributed by atoms with van der Waals surface area (Å²) in [4.78, 5) is 24.7. The largest absolute Gasteiger partial charge is 0.497 e. The third-order valence-corrected chi connectivity index (χ3v) is 5.97. The summed E-state index contributed by atoms with van der Waals surface area (Å²) in [6.45, 7) is 3.44. The summed E-state index contributed by atoms with van der Waals surface area (Å²) in [6.07, 6.45) is -0.452. The first-order chi connectivity index (χ1) is 14.1. The van der Waals surface area contributed by atoms with Gasteiger partial charge in [-0.3, -0.25) is 9.59 Å². The quantitative estimate of drug-likeness (QED) is 0.585. The van der Waals surface area contributed by atoms with Gasteiger partial charge >= 0.3 is 5.97 Å². The Morgan fingerprint density at radius 3 is 2.17 bits per heavy atom. The number of esters is 1. The number of halogens is 1. The first-order valence-electron chi connectivity index (χ1n) is 9.22. The Balaban J connectivity index is 2.17. The van der Waals surface area contributed by atoms with Gasteiger partial charge in [0.15, 0.2) is 9.84 Å². The van der Waals surface area contributed by atoms with E-state index in [0.29, 0.717) is 16.3 Å². The monoisotopic (exact) mass is 453 g/mol. The highest BCUT2D eigenvalue weighted by molar-refractivity contribution is 7.92. The van der Waals surface area contributed by atoms with Crippen LogP contribution < -0.4 is 10.1 Å². The summed E-state index contributed by atoms with van der Waals surface area (Å²) in [5.41, 5.74) is 0.619. The lowest BCUT2D eigenvalue weighted by Crippen LogP contribution is -2.35. The molecule has 0 fully saturated rings. The van der Waals surface area contributed by atoms with Gasteiger partial charge in [0.2, 0.25) is 5.91 Å². The van der Waals surface area contributed by atoms with Crippen LogP contribution in [-0.2, 0) is 24.2 Å². The Labute approximate surface area is 181 Å². The van der Waals surface area contributed by atoms with E-state index >= 15 is 0 Å². The predicted molar refractivity (Wildman–Crippen MR) is 113 cm³/mol. The molecule has 1 amide bonds. The molecule has 0 saturated heterocycles. The zero-order valence-electron chi connectivity index (χ0n) is 16.9. The van der Waals surface area contributed by atoms with Crippen LogP contribution in [0.25, 0.3) is 0 Å². The number of amides is 1. The summed E-state index contributed by atoms with van der Waals surface area (Å²) in [5, 5.41) is 3.02. The van der Waals surface area contributed by atoms with E-state index in [1.165, 1.54) is 31.4 Å². The lowest BCUT2D eigenvalue weighted by molar-refractivity contribution is -0.148. The smallest absolute Gasteiger partial charge is 0.308 e. The van der Waals surface area contributed by atoms with Crippen LogP contribution in [0.3, 0.4) is 0 Å². The standard InChI is InChI=1S/C21H24ClNO6S/c1-14(2)29-21(25)12-19(15-4-8-17(28-3)9-5-15)23-20(24)13-30(26,27)18-10-6-16(22)7-11-18/h4-11,14,19H,12-13H2,1-3H3,(H,23,24). The van der Waals surface area contributed by atoms with Crippen molar-refractivity contribution in [1.29, 1.82) is 0 Å². The molecule has 162 valence electrons. The molecule has 1 unspecified atom stereocenters. The minimum absolute atomic E-state index is 0.0118. The van der Waals surface area contributed by atoms with Gasteiger partial charge in [-0.1, -0.05) is 23.7 Å². The summed E-state index contributed by atoms with van der Waals surface area (Å²) < 4.78 is 35.3. The fourth-order valence-electron chi connectivity index (χ4n) is 2.70. The third kappa shape index (κ3) is 7.03. The van der Waals surface area contributed by atoms with Gasteiger partial charge in [0.1, 0.15) is 11.5 Å². The predicted octanol–water partition coefficient (Wildman–Crippen LogP) is 3.32. The summed E-state index contributed by atoms with van der Waals surface area (Å²) in [7, 11) is -2.35. The first kappa shape index (κ1) is 23.7. The second-order valence-electron chi connectivity index (χ2n) is 6.85. The molecule has 0 radical (unpaired) electrons. The minimum atomic E-state index is -3.87. The van der Waals surface area contributed by atoms with Crippen LogP contribution in [0.15, 0.2) is 53.4 Å². The molecule has 0 spiro atoms. The Hall–Kier alpha value is -2.58. The van der Waals surface area contributed by atoms with Crippen LogP contribution in [0, 0.1) is 0 Å². The maximum atomic E-state index is 12.5. The Morgan fingerprint density at radius 2 is 1.63 bits per heavy atom. The van der Waals surface area contributed by atoms with E-state index in [9.17, 15) is 18.0 Å². The van der Waals surface area contributed by atoms with E-state index < -0.39 is 33.5 Å². The Bertz CT molecular complexity index is 972. The van der Waals surface area contributed by atoms with Crippen LogP contribution in [0.1, 0.15) is 31.9 Å². The van der Waals surface area contributed by atoms with Crippen molar-refractivity contribution in [2.24, 2.45) is 0 Å². The van der Waals surface area contributed by atoms with Crippen LogP contribution in [0.5, 0.6) is 5.75 Å². The van der Waals surface area contributed by atoms with E-state index in [1.54, 1.807) is 38.1 Å². The van der Waals surface area contributed by atoms with E-state index in [0.717, 1.165) is 0 Å². The van der Waals surface area contributed by atoms with Crippen LogP contribution >= 0.6 is 11.6 Å². The molecular weight excluding hydrogens is 430 g/mol. The van der Waals surface area contributed by atoms with Crippen molar-refractivity contribution in [3.63, 3.8) is 0 Å². The zero-order valence-corrected chi connectivity index (χ0v) is 18.5. The normalized spacial score (nSPS) is 12.3. The summed E-state index contributed by atoms with van der Waals surface area (Å²) >= 11 is 5.78. The lowest BCUT2D eigenvalue weighted by Gasteiger charge is -2.20. The molecule has 0 heterocycles. The van der Waals surface area contributed by atoms with E-state index in [2.05, 4.69) is 5.32 Å². The second-order valence-corrected chi connectivity index (χ2v) is 9.28. The summed E-state index contributed by atoms with van der Waals surface area (Å²) in [6, 6.07) is 11.6. The fraction of sp³-hybridized carbons (Fsp3) is 0.333. The van der Waals surface area contributed by atoms with Crippen molar-refractivity contribution >= 4 is 33.3 Å². The van der Waals surface area contributed by atoms with Crippen molar-refractivity contribution in [2.75, 3.05) is 12.9 Å². The van der Waals surface area contributed by atoms with Crippen molar-refractivity contribution in [3.05, 3.63) is 59.1 Å². The number of carbonyl (C=O) groups excluding carboxylic acids is 2. The van der Waals surface area contributed by atoms with E-state index in [-0.39, 0.29) is 17.4 Å². The van der Waals surface area contributed by atoms with Gasteiger partial charge in [-0.15, -0.1) is 0 Å². The number of sulfone groups is 1. The molecule has 0 aromatic heterocycles. The summed E-state index contributed by atoms with van der Waals surface area (Å²) in [5.74, 6) is -1.39. The maximum Gasteiger partial charge on any atom is 0.308 e. The van der Waals surface area contributed by atoms with Gasteiger partial charge in [0.25, 0.3) is 0 Å². The fourth-order valence-corrected chi connectivity index (χ4v) is 3.97. The number of hydrogen-bond acceptors (Lipinski definition) is 6. The molecule has 1 atom stereocenters. The molecule has 0 aliphatic rings. The topological polar surface area (TPSA) is 98.8 Å². The number of benzene rings is 2. The van der Waals surface area contributed by atoms with Gasteiger partial charge in [0, 0.05) is 5.02 Å². The zero-order chi connectivity index (χ0) is 22.3. The lowest BCUT2D eigenvalue weighted by atomic mass is 10.0. The molecular formula is C21H24ClNO6S. The maximum absolute atomic E-state index is 12.5. The molecule has 7 nitrogen and oxygen atoms in total. The molecule has 1 N–H and O–H groups in total. The molecule has 0 aliphatic heterocycles. The molecule has 9 heteroatoms. The van der Waals surface area contributed by atoms with Gasteiger partial charge in [-0.05, 0) is 55.8 Å². The number of hydrogen-bond donors (Lipinski definition) is 1. The third-order valence-electron chi connectivity index (χ3n) is 4.09. The van der Waals surface area contributed by atoms with Crippen molar-refractivity contribution < 1.29 is 27.5 Å². The number of rotatable bonds is 9. The van der Waals surface area contributed by atoms with Gasteiger partial charge < -0.3 is 14.8 Å². The number of nitrogens with one attached hydrogen (secondary N) is 1. The molecule has 30 heavy (non-hydrogen) atoms. The van der Waals surface area contributed by atoms with Crippen LogP contribution in [0.2, 0.25) is 5.02 Å². The Morgan fingerprint density at radius 1 is 1.03 bits per heavy atom. The number of methoxy groups -OCH3 is 1. The second kappa shape index (κ2) is 10.4. The highest BCUT2D eigenvalue weighted by atomic mass is 35.5. The van der Waals surface area contributed by atoms with Gasteiger partial charge in [0.05, 0.1) is 30.6 Å². The minimum Gasteiger partial charge on any atom is -0.497 e. The average Bonchev–Trinajstić information content (AvgIpc) is 2.67. The molecule has 0 saturated carbocycles. The SMILES string of the molecule is COc1ccc(C(CC(=O)OC(C)C)NC(=O)CS(=O)(=O)c2ccc(Cl)cc2)cc1. The molecule has 0 aliphatic carbocycles. The number of ether oxygens (including phenoxy) is 2. The van der Waals surface area contributed by atoms with Gasteiger partial charge in [-0.25, -0.2) is 8.42 Å². The highest BCUT2D eigenvalue weighted by Gasteiger charge is 2.24. The van der Waals surface area contributed by atoms with E-state index in [1.807, 2.05) is 0 Å². The molecule has 2 rings (SSSR count). The highest BCUT2D eigenvalue weighted by Crippen LogP contribution is 2.22. The van der Waals surface area contributed by atoms with Crippen LogP contribution in [0.4, 0.5) is 0 Å². The molecule has 2 aromatic carbocycles. The van der Waals surface area contributed by atoms with Crippen molar-refractivity contribution in [1.82, 2.24) is 5.32 Å². The number of carbonyl (C=O) groups is 2. The Kier molecular flexibility index (Phi) is 8.25.